The summed E-state index contributed by atoms with van der Waals surface area (Å²) in [6.07, 6.45) is 7.41. The Bertz CT molecular complexity index is 405. The van der Waals surface area contributed by atoms with Gasteiger partial charge in [0.05, 0.1) is 6.61 Å². The van der Waals surface area contributed by atoms with Gasteiger partial charge in [-0.05, 0) is 49.8 Å². The van der Waals surface area contributed by atoms with E-state index in [1.165, 1.54) is 36.9 Å². The van der Waals surface area contributed by atoms with Gasteiger partial charge in [-0.2, -0.15) is 0 Å². The lowest BCUT2D eigenvalue weighted by Gasteiger charge is -2.24. The molecule has 1 aromatic carbocycles. The second-order valence-electron chi connectivity index (χ2n) is 5.99. The Balaban J connectivity index is 1.70. The maximum absolute atomic E-state index is 9.51. The van der Waals surface area contributed by atoms with E-state index in [0.29, 0.717) is 12.6 Å². The number of aliphatic hydroxyl groups is 1. The zero-order chi connectivity index (χ0) is 12.4. The third-order valence-corrected chi connectivity index (χ3v) is 4.59. The lowest BCUT2D eigenvalue weighted by Crippen LogP contribution is -2.35. The first-order valence-corrected chi connectivity index (χ1v) is 7.26. The third-order valence-electron chi connectivity index (χ3n) is 4.59. The normalized spacial score (nSPS) is 25.9. The highest BCUT2D eigenvalue weighted by molar-refractivity contribution is 5.35. The van der Waals surface area contributed by atoms with E-state index in [-0.39, 0.29) is 5.41 Å². The quantitative estimate of drug-likeness (QED) is 0.853. The molecule has 0 amide bonds. The maximum Gasteiger partial charge on any atom is 0.0527 e. The summed E-state index contributed by atoms with van der Waals surface area (Å²) in [6, 6.07) is 9.54. The summed E-state index contributed by atoms with van der Waals surface area (Å²) in [5.41, 5.74) is 2.88. The van der Waals surface area contributed by atoms with Crippen LogP contribution in [0.15, 0.2) is 24.3 Å². The van der Waals surface area contributed by atoms with Gasteiger partial charge in [0, 0.05) is 11.5 Å². The van der Waals surface area contributed by atoms with Crippen molar-refractivity contribution in [1.29, 1.82) is 0 Å². The Labute approximate surface area is 109 Å². The predicted octanol–water partition coefficient (Wildman–Crippen LogP) is 2.40. The zero-order valence-electron chi connectivity index (χ0n) is 11.0. The number of piperidine rings is 1. The van der Waals surface area contributed by atoms with E-state index in [4.69, 9.17) is 0 Å². The summed E-state index contributed by atoms with van der Waals surface area (Å²) in [7, 11) is 0. The average molecular weight is 245 g/mol. The summed E-state index contributed by atoms with van der Waals surface area (Å²) in [6.45, 7) is 1.48. The zero-order valence-corrected chi connectivity index (χ0v) is 11.0. The maximum atomic E-state index is 9.51. The summed E-state index contributed by atoms with van der Waals surface area (Å²) >= 11 is 0. The predicted molar refractivity (Wildman–Crippen MR) is 73.8 cm³/mol. The molecule has 98 valence electrons. The summed E-state index contributed by atoms with van der Waals surface area (Å²) < 4.78 is 0. The van der Waals surface area contributed by atoms with Gasteiger partial charge in [0.25, 0.3) is 0 Å². The SMILES string of the molecule is OCC1(c2cccc(CC3CCCCN3)c2)CC1. The van der Waals surface area contributed by atoms with Crippen LogP contribution in [0.4, 0.5) is 0 Å². The fraction of sp³-hybridized carbons (Fsp3) is 0.625. The van der Waals surface area contributed by atoms with Crippen LogP contribution in [0.25, 0.3) is 0 Å². The molecule has 18 heavy (non-hydrogen) atoms. The molecule has 1 aliphatic heterocycles. The molecule has 1 saturated carbocycles. The molecule has 0 aromatic heterocycles. The van der Waals surface area contributed by atoms with E-state index < -0.39 is 0 Å². The molecular weight excluding hydrogens is 222 g/mol. The minimum atomic E-state index is 0.107. The van der Waals surface area contributed by atoms with E-state index >= 15 is 0 Å². The van der Waals surface area contributed by atoms with E-state index in [1.54, 1.807) is 0 Å². The Kier molecular flexibility index (Phi) is 3.40. The monoisotopic (exact) mass is 245 g/mol. The van der Waals surface area contributed by atoms with Crippen molar-refractivity contribution in [3.05, 3.63) is 35.4 Å². The molecule has 2 heteroatoms. The van der Waals surface area contributed by atoms with Crippen molar-refractivity contribution >= 4 is 0 Å². The number of nitrogens with one attached hydrogen (secondary N) is 1. The molecule has 2 aliphatic rings. The van der Waals surface area contributed by atoms with E-state index in [0.717, 1.165) is 19.3 Å². The van der Waals surface area contributed by atoms with Crippen molar-refractivity contribution in [3.8, 4) is 0 Å². The third kappa shape index (κ3) is 2.45. The summed E-state index contributed by atoms with van der Waals surface area (Å²) in [5.74, 6) is 0. The van der Waals surface area contributed by atoms with Crippen LogP contribution in [-0.4, -0.2) is 24.3 Å². The van der Waals surface area contributed by atoms with E-state index in [2.05, 4.69) is 29.6 Å². The highest BCUT2D eigenvalue weighted by Gasteiger charge is 2.43. The van der Waals surface area contributed by atoms with Crippen LogP contribution < -0.4 is 5.32 Å². The highest BCUT2D eigenvalue weighted by Crippen LogP contribution is 2.47. The first kappa shape index (κ1) is 12.2. The fourth-order valence-corrected chi connectivity index (χ4v) is 3.10. The van der Waals surface area contributed by atoms with Crippen molar-refractivity contribution in [2.24, 2.45) is 0 Å². The van der Waals surface area contributed by atoms with Gasteiger partial charge in [0.15, 0.2) is 0 Å². The standard InChI is InChI=1S/C16H23NO/c18-12-16(7-8-16)14-5-3-4-13(10-14)11-15-6-1-2-9-17-15/h3-5,10,15,17-18H,1-2,6-9,11-12H2. The number of benzene rings is 1. The summed E-state index contributed by atoms with van der Waals surface area (Å²) in [5, 5.41) is 13.1. The van der Waals surface area contributed by atoms with Crippen molar-refractivity contribution in [3.63, 3.8) is 0 Å². The molecule has 2 N–H and O–H groups in total. The van der Waals surface area contributed by atoms with Crippen LogP contribution in [0.1, 0.15) is 43.2 Å². The molecule has 0 bridgehead atoms. The first-order valence-electron chi connectivity index (χ1n) is 7.26. The fourth-order valence-electron chi connectivity index (χ4n) is 3.10. The Hall–Kier alpha value is -0.860. The number of aliphatic hydroxyl groups excluding tert-OH is 1. The van der Waals surface area contributed by atoms with Crippen LogP contribution >= 0.6 is 0 Å². The van der Waals surface area contributed by atoms with Crippen molar-refractivity contribution < 1.29 is 5.11 Å². The molecule has 2 nitrogen and oxygen atoms in total. The lowest BCUT2D eigenvalue weighted by atomic mass is 9.92. The van der Waals surface area contributed by atoms with Gasteiger partial charge in [-0.25, -0.2) is 0 Å². The molecule has 2 fully saturated rings. The molecule has 0 radical (unpaired) electrons. The highest BCUT2D eigenvalue weighted by atomic mass is 16.3. The lowest BCUT2D eigenvalue weighted by molar-refractivity contribution is 0.255. The van der Waals surface area contributed by atoms with Gasteiger partial charge in [0.1, 0.15) is 0 Å². The largest absolute Gasteiger partial charge is 0.395 e. The number of hydrogen-bond acceptors (Lipinski definition) is 2. The molecule has 1 saturated heterocycles. The van der Waals surface area contributed by atoms with Crippen LogP contribution in [0.3, 0.4) is 0 Å². The minimum absolute atomic E-state index is 0.107. The van der Waals surface area contributed by atoms with Gasteiger partial charge in [-0.15, -0.1) is 0 Å². The topological polar surface area (TPSA) is 32.3 Å². The Morgan fingerprint density at radius 3 is 2.83 bits per heavy atom. The second-order valence-corrected chi connectivity index (χ2v) is 5.99. The second kappa shape index (κ2) is 5.02. The molecule has 3 rings (SSSR count). The molecule has 1 aromatic rings. The molecule has 0 spiro atoms. The van der Waals surface area contributed by atoms with E-state index in [9.17, 15) is 5.11 Å². The van der Waals surface area contributed by atoms with Gasteiger partial charge in [-0.3, -0.25) is 0 Å². The molecule has 1 unspecified atom stereocenters. The molecule has 1 aliphatic carbocycles. The van der Waals surface area contributed by atoms with Crippen molar-refractivity contribution in [2.45, 2.75) is 50.0 Å². The van der Waals surface area contributed by atoms with Crippen LogP contribution in [-0.2, 0) is 11.8 Å². The molecular formula is C16H23NO. The van der Waals surface area contributed by atoms with Crippen molar-refractivity contribution in [2.75, 3.05) is 13.2 Å². The number of rotatable bonds is 4. The van der Waals surface area contributed by atoms with Crippen LogP contribution in [0.5, 0.6) is 0 Å². The smallest absolute Gasteiger partial charge is 0.0527 e. The molecule has 1 heterocycles. The minimum Gasteiger partial charge on any atom is -0.395 e. The van der Waals surface area contributed by atoms with Crippen LogP contribution in [0, 0.1) is 0 Å². The van der Waals surface area contributed by atoms with Gasteiger partial charge in [-0.1, -0.05) is 30.7 Å². The van der Waals surface area contributed by atoms with Crippen LogP contribution in [0.2, 0.25) is 0 Å². The first-order chi connectivity index (χ1) is 8.82. The Morgan fingerprint density at radius 1 is 1.28 bits per heavy atom. The number of hydrogen-bond donors (Lipinski definition) is 2. The van der Waals surface area contributed by atoms with Crippen molar-refractivity contribution in [1.82, 2.24) is 5.32 Å². The Morgan fingerprint density at radius 2 is 2.17 bits per heavy atom. The van der Waals surface area contributed by atoms with Gasteiger partial charge >= 0.3 is 0 Å². The van der Waals surface area contributed by atoms with E-state index in [1.807, 2.05) is 0 Å². The van der Waals surface area contributed by atoms with Gasteiger partial charge in [0.2, 0.25) is 0 Å². The average Bonchev–Trinajstić information content (AvgIpc) is 3.21. The molecule has 1 atom stereocenters. The van der Waals surface area contributed by atoms with Gasteiger partial charge < -0.3 is 10.4 Å². The summed E-state index contributed by atoms with van der Waals surface area (Å²) in [4.78, 5) is 0.